The highest BCUT2D eigenvalue weighted by atomic mass is 32.1. The summed E-state index contributed by atoms with van der Waals surface area (Å²) < 4.78 is 1.32. The third kappa shape index (κ3) is 3.78. The number of para-hydroxylation sites is 1. The van der Waals surface area contributed by atoms with Crippen molar-refractivity contribution in [2.75, 3.05) is 0 Å². The maximum Gasteiger partial charge on any atom is 0.261 e. The molecule has 0 fully saturated rings. The molecule has 1 N–H and O–H groups in total. The number of carbonyl (C=O) groups is 1. The molecule has 0 aliphatic rings. The molecule has 4 rings (SSSR count). The van der Waals surface area contributed by atoms with Crippen molar-refractivity contribution in [3.63, 3.8) is 0 Å². The summed E-state index contributed by atoms with van der Waals surface area (Å²) in [6.07, 6.45) is 3.14. The Balaban J connectivity index is 1.44. The molecule has 0 saturated heterocycles. The van der Waals surface area contributed by atoms with Gasteiger partial charge in [-0.15, -0.1) is 11.3 Å². The van der Waals surface area contributed by atoms with Crippen molar-refractivity contribution in [3.05, 3.63) is 82.4 Å². The smallest absolute Gasteiger partial charge is 0.261 e. The minimum absolute atomic E-state index is 0.0699. The number of carbonyl (C=O) groups excluding carboxylic acids is 1. The van der Waals surface area contributed by atoms with E-state index in [0.29, 0.717) is 17.4 Å². The molecule has 3 heterocycles. The SMILES string of the molecule is O=C(Cn1cnc2ccccc2c1=O)NCc1ccnc(-c2cccs2)c1. The van der Waals surface area contributed by atoms with Crippen LogP contribution in [-0.4, -0.2) is 20.4 Å². The number of aromatic nitrogens is 3. The zero-order valence-corrected chi connectivity index (χ0v) is 15.1. The van der Waals surface area contributed by atoms with E-state index in [2.05, 4.69) is 15.3 Å². The van der Waals surface area contributed by atoms with Crippen LogP contribution in [0.2, 0.25) is 0 Å². The predicted octanol–water partition coefficient (Wildman–Crippen LogP) is 2.84. The third-order valence-corrected chi connectivity index (χ3v) is 5.03. The Morgan fingerprint density at radius 3 is 2.85 bits per heavy atom. The second-order valence-electron chi connectivity index (χ2n) is 6.00. The number of amides is 1. The molecule has 0 bridgehead atoms. The molecular formula is C20H16N4O2S. The first-order valence-corrected chi connectivity index (χ1v) is 9.28. The van der Waals surface area contributed by atoms with Gasteiger partial charge in [0.2, 0.25) is 5.91 Å². The second-order valence-corrected chi connectivity index (χ2v) is 6.95. The van der Waals surface area contributed by atoms with Gasteiger partial charge >= 0.3 is 0 Å². The van der Waals surface area contributed by atoms with Gasteiger partial charge < -0.3 is 5.32 Å². The Morgan fingerprint density at radius 2 is 2.00 bits per heavy atom. The molecule has 0 unspecified atom stereocenters. The molecule has 134 valence electrons. The zero-order valence-electron chi connectivity index (χ0n) is 14.3. The molecule has 1 amide bonds. The van der Waals surface area contributed by atoms with Crippen molar-refractivity contribution in [1.82, 2.24) is 19.9 Å². The van der Waals surface area contributed by atoms with E-state index in [-0.39, 0.29) is 18.0 Å². The molecule has 7 heteroatoms. The van der Waals surface area contributed by atoms with Gasteiger partial charge in [-0.3, -0.25) is 19.1 Å². The molecule has 0 aliphatic carbocycles. The number of hydrogen-bond acceptors (Lipinski definition) is 5. The number of nitrogens with one attached hydrogen (secondary N) is 1. The maximum absolute atomic E-state index is 12.5. The van der Waals surface area contributed by atoms with Crippen LogP contribution < -0.4 is 10.9 Å². The first kappa shape index (κ1) is 17.1. The summed E-state index contributed by atoms with van der Waals surface area (Å²) in [5.41, 5.74) is 2.23. The van der Waals surface area contributed by atoms with Gasteiger partial charge in [-0.1, -0.05) is 18.2 Å². The molecule has 4 aromatic rings. The molecule has 0 aliphatic heterocycles. The number of fused-ring (bicyclic) bond motifs is 1. The van der Waals surface area contributed by atoms with Crippen molar-refractivity contribution >= 4 is 28.1 Å². The lowest BCUT2D eigenvalue weighted by atomic mass is 10.2. The van der Waals surface area contributed by atoms with Crippen molar-refractivity contribution in [2.45, 2.75) is 13.1 Å². The first-order chi connectivity index (χ1) is 13.2. The van der Waals surface area contributed by atoms with Crippen LogP contribution in [0.5, 0.6) is 0 Å². The molecule has 27 heavy (non-hydrogen) atoms. The van der Waals surface area contributed by atoms with Gasteiger partial charge in [0.25, 0.3) is 5.56 Å². The van der Waals surface area contributed by atoms with Gasteiger partial charge in [0.15, 0.2) is 0 Å². The summed E-state index contributed by atoms with van der Waals surface area (Å²) in [6, 6.07) is 14.9. The van der Waals surface area contributed by atoms with E-state index in [1.807, 2.05) is 35.7 Å². The fourth-order valence-electron chi connectivity index (χ4n) is 2.77. The maximum atomic E-state index is 12.5. The van der Waals surface area contributed by atoms with Crippen molar-refractivity contribution < 1.29 is 4.79 Å². The largest absolute Gasteiger partial charge is 0.350 e. The minimum Gasteiger partial charge on any atom is -0.350 e. The number of hydrogen-bond donors (Lipinski definition) is 1. The number of pyridine rings is 1. The van der Waals surface area contributed by atoms with Crippen molar-refractivity contribution in [2.24, 2.45) is 0 Å². The van der Waals surface area contributed by atoms with Crippen LogP contribution in [0, 0.1) is 0 Å². The highest BCUT2D eigenvalue weighted by molar-refractivity contribution is 7.13. The predicted molar refractivity (Wildman–Crippen MR) is 105 cm³/mol. The Morgan fingerprint density at radius 1 is 1.11 bits per heavy atom. The molecule has 1 aromatic carbocycles. The summed E-state index contributed by atoms with van der Waals surface area (Å²) in [7, 11) is 0. The molecule has 0 spiro atoms. The van der Waals surface area contributed by atoms with Crippen LogP contribution in [0.15, 0.2) is 71.2 Å². The summed E-state index contributed by atoms with van der Waals surface area (Å²) in [6.45, 7) is 0.301. The first-order valence-electron chi connectivity index (χ1n) is 8.40. The average molecular weight is 376 g/mol. The molecule has 0 atom stereocenters. The molecule has 0 radical (unpaired) electrons. The summed E-state index contributed by atoms with van der Waals surface area (Å²) in [5, 5.41) is 5.35. The van der Waals surface area contributed by atoms with Crippen molar-refractivity contribution in [1.29, 1.82) is 0 Å². The molecular weight excluding hydrogens is 360 g/mol. The van der Waals surface area contributed by atoms with Crippen LogP contribution in [0.3, 0.4) is 0 Å². The zero-order chi connectivity index (χ0) is 18.6. The lowest BCUT2D eigenvalue weighted by Gasteiger charge is -2.08. The highest BCUT2D eigenvalue weighted by Crippen LogP contribution is 2.22. The molecule has 6 nitrogen and oxygen atoms in total. The van der Waals surface area contributed by atoms with E-state index >= 15 is 0 Å². The average Bonchev–Trinajstić information content (AvgIpc) is 3.24. The normalized spacial score (nSPS) is 10.8. The molecule has 3 aromatic heterocycles. The monoisotopic (exact) mass is 376 g/mol. The fraction of sp³-hybridized carbons (Fsp3) is 0.100. The lowest BCUT2D eigenvalue weighted by Crippen LogP contribution is -2.32. The van der Waals surface area contributed by atoms with Gasteiger partial charge in [-0.25, -0.2) is 4.98 Å². The van der Waals surface area contributed by atoms with Crippen molar-refractivity contribution in [3.8, 4) is 10.6 Å². The summed E-state index contributed by atoms with van der Waals surface area (Å²) in [5.74, 6) is -0.247. The Hall–Kier alpha value is -3.32. The van der Waals surface area contributed by atoms with E-state index in [9.17, 15) is 9.59 Å². The lowest BCUT2D eigenvalue weighted by molar-refractivity contribution is -0.121. The highest BCUT2D eigenvalue weighted by Gasteiger charge is 2.08. The number of thiophene rings is 1. The standard InChI is InChI=1S/C20H16N4O2S/c25-19(12-24-13-23-16-5-2-1-4-15(16)20(24)26)22-11-14-7-8-21-17(10-14)18-6-3-9-27-18/h1-10,13H,11-12H2,(H,22,25). The van der Waals surface area contributed by atoms with Gasteiger partial charge in [-0.2, -0.15) is 0 Å². The van der Waals surface area contributed by atoms with Crippen LogP contribution in [-0.2, 0) is 17.9 Å². The quantitative estimate of drug-likeness (QED) is 0.581. The van der Waals surface area contributed by atoms with Gasteiger partial charge in [0.05, 0.1) is 27.8 Å². The third-order valence-electron chi connectivity index (χ3n) is 4.13. The van der Waals surface area contributed by atoms with E-state index < -0.39 is 0 Å². The van der Waals surface area contributed by atoms with Crippen LogP contribution >= 0.6 is 11.3 Å². The van der Waals surface area contributed by atoms with Crippen LogP contribution in [0.4, 0.5) is 0 Å². The number of rotatable bonds is 5. The van der Waals surface area contributed by atoms with Crippen LogP contribution in [0.25, 0.3) is 21.5 Å². The van der Waals surface area contributed by atoms with E-state index in [0.717, 1.165) is 16.1 Å². The van der Waals surface area contributed by atoms with Gasteiger partial charge in [-0.05, 0) is 41.3 Å². The van der Waals surface area contributed by atoms with E-state index in [1.165, 1.54) is 10.9 Å². The fourth-order valence-corrected chi connectivity index (χ4v) is 3.47. The van der Waals surface area contributed by atoms with Gasteiger partial charge in [0, 0.05) is 12.7 Å². The summed E-state index contributed by atoms with van der Waals surface area (Å²) in [4.78, 5) is 34.4. The topological polar surface area (TPSA) is 76.9 Å². The van der Waals surface area contributed by atoms with Gasteiger partial charge in [0.1, 0.15) is 6.54 Å². The second kappa shape index (κ2) is 7.51. The Kier molecular flexibility index (Phi) is 4.76. The number of benzene rings is 1. The Labute approximate surface area is 159 Å². The summed E-state index contributed by atoms with van der Waals surface area (Å²) >= 11 is 1.62. The molecule has 0 saturated carbocycles. The van der Waals surface area contributed by atoms with Crippen LogP contribution in [0.1, 0.15) is 5.56 Å². The van der Waals surface area contributed by atoms with E-state index in [1.54, 1.807) is 35.7 Å². The van der Waals surface area contributed by atoms with E-state index in [4.69, 9.17) is 0 Å². The number of nitrogens with zero attached hydrogens (tertiary/aromatic N) is 3. The minimum atomic E-state index is -0.247. The Bertz CT molecular complexity index is 1150.